The SMILES string of the molecule is CC#[N+]c1cc(C)c([O-])c2ccccc12. The molecule has 2 rings (SSSR count). The van der Waals surface area contributed by atoms with Crippen LogP contribution in [0.4, 0.5) is 5.69 Å². The highest BCUT2D eigenvalue weighted by atomic mass is 16.3. The third kappa shape index (κ3) is 1.53. The van der Waals surface area contributed by atoms with Crippen molar-refractivity contribution in [1.29, 1.82) is 0 Å². The van der Waals surface area contributed by atoms with E-state index in [4.69, 9.17) is 0 Å². The van der Waals surface area contributed by atoms with Gasteiger partial charge in [0, 0.05) is 6.07 Å². The van der Waals surface area contributed by atoms with Crippen molar-refractivity contribution >= 4 is 16.5 Å². The van der Waals surface area contributed by atoms with E-state index in [1.807, 2.05) is 31.2 Å². The van der Waals surface area contributed by atoms with Crippen molar-refractivity contribution < 1.29 is 5.11 Å². The molecular formula is C13H11NO. The molecule has 0 fully saturated rings. The highest BCUT2D eigenvalue weighted by molar-refractivity contribution is 5.99. The number of fused-ring (bicyclic) bond motifs is 1. The summed E-state index contributed by atoms with van der Waals surface area (Å²) in [4.78, 5) is 4.15. The Hall–Kier alpha value is -2.01. The van der Waals surface area contributed by atoms with Gasteiger partial charge in [-0.15, -0.1) is 0 Å². The fourth-order valence-electron chi connectivity index (χ4n) is 1.68. The molecule has 0 N–H and O–H groups in total. The van der Waals surface area contributed by atoms with E-state index in [1.54, 1.807) is 13.0 Å². The largest absolute Gasteiger partial charge is 0.872 e. The Morgan fingerprint density at radius 1 is 1.20 bits per heavy atom. The maximum Gasteiger partial charge on any atom is 0.348 e. The predicted molar refractivity (Wildman–Crippen MR) is 60.7 cm³/mol. The van der Waals surface area contributed by atoms with Crippen LogP contribution < -0.4 is 5.11 Å². The van der Waals surface area contributed by atoms with Crippen molar-refractivity contribution in [3.8, 4) is 11.8 Å². The Balaban J connectivity index is 2.92. The van der Waals surface area contributed by atoms with Crippen LogP contribution in [0.2, 0.25) is 0 Å². The quantitative estimate of drug-likeness (QED) is 0.637. The van der Waals surface area contributed by atoms with Crippen LogP contribution in [0.1, 0.15) is 12.5 Å². The second kappa shape index (κ2) is 3.62. The van der Waals surface area contributed by atoms with Gasteiger partial charge in [0.05, 0.1) is 12.3 Å². The van der Waals surface area contributed by atoms with Crippen LogP contribution in [-0.4, -0.2) is 0 Å². The average molecular weight is 197 g/mol. The van der Waals surface area contributed by atoms with Crippen molar-refractivity contribution in [2.75, 3.05) is 0 Å². The Bertz CT molecular complexity index is 576. The van der Waals surface area contributed by atoms with Crippen molar-refractivity contribution in [2.24, 2.45) is 0 Å². The molecule has 0 saturated heterocycles. The lowest BCUT2D eigenvalue weighted by Gasteiger charge is -2.12. The minimum Gasteiger partial charge on any atom is -0.872 e. The van der Waals surface area contributed by atoms with Gasteiger partial charge < -0.3 is 5.11 Å². The van der Waals surface area contributed by atoms with E-state index in [-0.39, 0.29) is 5.75 Å². The van der Waals surface area contributed by atoms with E-state index in [0.29, 0.717) is 0 Å². The lowest BCUT2D eigenvalue weighted by molar-refractivity contribution is -0.266. The van der Waals surface area contributed by atoms with Gasteiger partial charge in [-0.1, -0.05) is 29.5 Å². The van der Waals surface area contributed by atoms with Gasteiger partial charge >= 0.3 is 5.69 Å². The van der Waals surface area contributed by atoms with Crippen LogP contribution in [-0.2, 0) is 0 Å². The molecule has 2 aromatic rings. The molecule has 0 saturated carbocycles. The molecule has 0 bridgehead atoms. The van der Waals surface area contributed by atoms with E-state index < -0.39 is 0 Å². The third-order valence-electron chi connectivity index (χ3n) is 2.39. The summed E-state index contributed by atoms with van der Waals surface area (Å²) in [5.41, 5.74) is 1.54. The van der Waals surface area contributed by atoms with Crippen molar-refractivity contribution in [2.45, 2.75) is 13.8 Å². The third-order valence-corrected chi connectivity index (χ3v) is 2.39. The molecule has 2 aromatic carbocycles. The molecule has 0 unspecified atom stereocenters. The lowest BCUT2D eigenvalue weighted by atomic mass is 10.0. The molecule has 2 nitrogen and oxygen atoms in total. The van der Waals surface area contributed by atoms with Crippen LogP contribution in [0.3, 0.4) is 0 Å². The first kappa shape index (κ1) is 9.54. The molecule has 0 heterocycles. The van der Waals surface area contributed by atoms with Gasteiger partial charge in [0.25, 0.3) is 6.07 Å². The molecule has 15 heavy (non-hydrogen) atoms. The van der Waals surface area contributed by atoms with E-state index in [2.05, 4.69) is 10.9 Å². The molecule has 0 aliphatic carbocycles. The van der Waals surface area contributed by atoms with Gasteiger partial charge in [-0.2, -0.15) is 0 Å². The minimum atomic E-state index is 0.0839. The summed E-state index contributed by atoms with van der Waals surface area (Å²) < 4.78 is 0. The summed E-state index contributed by atoms with van der Waals surface area (Å²) in [5.74, 6) is 0.0839. The second-order valence-corrected chi connectivity index (χ2v) is 3.42. The van der Waals surface area contributed by atoms with Crippen LogP contribution >= 0.6 is 0 Å². The molecule has 74 valence electrons. The molecular weight excluding hydrogens is 186 g/mol. The fraction of sp³-hybridized carbons (Fsp3) is 0.154. The van der Waals surface area contributed by atoms with Gasteiger partial charge in [-0.25, -0.2) is 0 Å². The first-order valence-electron chi connectivity index (χ1n) is 4.81. The number of hydrogen-bond donors (Lipinski definition) is 0. The molecule has 0 radical (unpaired) electrons. The normalized spacial score (nSPS) is 9.73. The first-order valence-corrected chi connectivity index (χ1v) is 4.81. The predicted octanol–water partition coefficient (Wildman–Crippen LogP) is 3.21. The number of hydrogen-bond acceptors (Lipinski definition) is 1. The summed E-state index contributed by atoms with van der Waals surface area (Å²) in [5, 5.41) is 13.4. The molecule has 2 heteroatoms. The summed E-state index contributed by atoms with van der Waals surface area (Å²) >= 11 is 0. The standard InChI is InChI=1S/C13H11NO/c1-3-14-12-8-9(2)13(15)11-7-5-4-6-10(11)12/h4-8H,1-2H3. The highest BCUT2D eigenvalue weighted by Crippen LogP contribution is 2.33. The molecule has 0 aliphatic rings. The van der Waals surface area contributed by atoms with Crippen LogP contribution in [0.15, 0.2) is 30.3 Å². The highest BCUT2D eigenvalue weighted by Gasteiger charge is 2.10. The summed E-state index contributed by atoms with van der Waals surface area (Å²) in [6.45, 7) is 3.55. The van der Waals surface area contributed by atoms with Gasteiger partial charge in [0.15, 0.2) is 0 Å². The van der Waals surface area contributed by atoms with Crippen LogP contribution in [0, 0.1) is 13.0 Å². The molecule has 0 atom stereocenters. The van der Waals surface area contributed by atoms with Crippen molar-refractivity contribution in [3.05, 3.63) is 40.7 Å². The van der Waals surface area contributed by atoms with Crippen molar-refractivity contribution in [3.63, 3.8) is 0 Å². The van der Waals surface area contributed by atoms with E-state index >= 15 is 0 Å². The molecule has 0 amide bonds. The Morgan fingerprint density at radius 2 is 1.87 bits per heavy atom. The second-order valence-electron chi connectivity index (χ2n) is 3.42. The number of nitrogens with zero attached hydrogens (tertiary/aromatic N) is 1. The minimum absolute atomic E-state index is 0.0839. The number of aryl methyl sites for hydroxylation is 1. The summed E-state index contributed by atoms with van der Waals surface area (Å²) in [6.07, 6.45) is 0. The smallest absolute Gasteiger partial charge is 0.348 e. The number of rotatable bonds is 0. The topological polar surface area (TPSA) is 27.4 Å². The van der Waals surface area contributed by atoms with Gasteiger partial charge in [0.2, 0.25) is 0 Å². The zero-order valence-electron chi connectivity index (χ0n) is 8.74. The van der Waals surface area contributed by atoms with E-state index in [1.165, 1.54) is 0 Å². The Labute approximate surface area is 88.6 Å². The molecule has 0 spiro atoms. The van der Waals surface area contributed by atoms with E-state index in [9.17, 15) is 5.11 Å². The van der Waals surface area contributed by atoms with Gasteiger partial charge in [0.1, 0.15) is 0 Å². The molecule has 0 aromatic heterocycles. The Kier molecular flexibility index (Phi) is 2.31. The maximum atomic E-state index is 11.8. The summed E-state index contributed by atoms with van der Waals surface area (Å²) in [7, 11) is 0. The zero-order valence-corrected chi connectivity index (χ0v) is 8.74. The maximum absolute atomic E-state index is 11.8. The summed E-state index contributed by atoms with van der Waals surface area (Å²) in [6, 6.07) is 12.1. The van der Waals surface area contributed by atoms with Crippen LogP contribution in [0.5, 0.6) is 5.75 Å². The fourth-order valence-corrected chi connectivity index (χ4v) is 1.68. The van der Waals surface area contributed by atoms with Gasteiger partial charge in [-0.05, 0) is 23.2 Å². The zero-order chi connectivity index (χ0) is 10.8. The lowest BCUT2D eigenvalue weighted by Crippen LogP contribution is -1.94. The monoisotopic (exact) mass is 197 g/mol. The molecule has 0 aliphatic heterocycles. The Morgan fingerprint density at radius 3 is 2.53 bits per heavy atom. The van der Waals surface area contributed by atoms with E-state index in [0.717, 1.165) is 22.0 Å². The van der Waals surface area contributed by atoms with Crippen LogP contribution in [0.25, 0.3) is 15.6 Å². The average Bonchev–Trinajstić information content (AvgIpc) is 2.26. The number of benzene rings is 2. The van der Waals surface area contributed by atoms with Crippen molar-refractivity contribution in [1.82, 2.24) is 0 Å². The first-order chi connectivity index (χ1) is 7.24. The van der Waals surface area contributed by atoms with Gasteiger partial charge in [-0.3, -0.25) is 0 Å².